The van der Waals surface area contributed by atoms with E-state index in [1.54, 1.807) is 14.2 Å². The Kier molecular flexibility index (Phi) is 3.60. The molecule has 134 valence electrons. The maximum absolute atomic E-state index is 5.55. The zero-order chi connectivity index (χ0) is 18.4. The molecule has 5 rings (SSSR count). The van der Waals surface area contributed by atoms with Gasteiger partial charge in [0.1, 0.15) is 0 Å². The van der Waals surface area contributed by atoms with Crippen molar-refractivity contribution in [1.82, 2.24) is 14.5 Å². The first-order valence-corrected chi connectivity index (χ1v) is 8.94. The Labute approximate surface area is 157 Å². The van der Waals surface area contributed by atoms with Crippen LogP contribution in [0.3, 0.4) is 0 Å². The van der Waals surface area contributed by atoms with Crippen molar-refractivity contribution in [2.75, 3.05) is 14.2 Å². The van der Waals surface area contributed by atoms with Crippen molar-refractivity contribution in [3.8, 4) is 34.0 Å². The molecule has 0 spiro atoms. The first kappa shape index (κ1) is 15.9. The van der Waals surface area contributed by atoms with Gasteiger partial charge in [-0.25, -0.2) is 4.98 Å². The number of methoxy groups -OCH3 is 2. The van der Waals surface area contributed by atoms with Gasteiger partial charge in [0.15, 0.2) is 11.5 Å². The van der Waals surface area contributed by atoms with Crippen molar-refractivity contribution in [2.45, 2.75) is 13.0 Å². The molecule has 0 atom stereocenters. The second-order valence-electron chi connectivity index (χ2n) is 6.63. The van der Waals surface area contributed by atoms with E-state index in [1.807, 2.05) is 36.8 Å². The van der Waals surface area contributed by atoms with Gasteiger partial charge in [-0.05, 0) is 36.2 Å². The number of aryl methyl sites for hydroxylation is 2. The average molecular weight is 357 g/mol. The summed E-state index contributed by atoms with van der Waals surface area (Å²) < 4.78 is 13.3. The Morgan fingerprint density at radius 2 is 1.74 bits per heavy atom. The summed E-state index contributed by atoms with van der Waals surface area (Å²) in [5, 5.41) is 1.11. The maximum Gasteiger partial charge on any atom is 0.161 e. The van der Waals surface area contributed by atoms with Crippen LogP contribution in [0.5, 0.6) is 11.5 Å². The average Bonchev–Trinajstić information content (AvgIpc) is 3.16. The van der Waals surface area contributed by atoms with Crippen LogP contribution in [0.1, 0.15) is 5.56 Å². The molecule has 1 aliphatic rings. The Hall–Kier alpha value is -3.34. The minimum Gasteiger partial charge on any atom is -0.493 e. The van der Waals surface area contributed by atoms with E-state index in [2.05, 4.69) is 27.8 Å². The molecule has 3 heterocycles. The van der Waals surface area contributed by atoms with Gasteiger partial charge in [-0.3, -0.25) is 4.98 Å². The SMILES string of the molecule is COc1cc2c(cc1OC)-c1c(-c3ccnc4ccccc34)ncn1CC2. The topological polar surface area (TPSA) is 49.2 Å². The third-order valence-electron chi connectivity index (χ3n) is 5.23. The van der Waals surface area contributed by atoms with E-state index in [1.165, 1.54) is 5.56 Å². The van der Waals surface area contributed by atoms with E-state index in [0.717, 1.165) is 57.9 Å². The molecule has 2 aromatic carbocycles. The van der Waals surface area contributed by atoms with Crippen LogP contribution in [0.15, 0.2) is 55.0 Å². The zero-order valence-corrected chi connectivity index (χ0v) is 15.3. The van der Waals surface area contributed by atoms with E-state index < -0.39 is 0 Å². The third-order valence-corrected chi connectivity index (χ3v) is 5.23. The van der Waals surface area contributed by atoms with Crippen LogP contribution >= 0.6 is 0 Å². The molecular weight excluding hydrogens is 338 g/mol. The number of para-hydroxylation sites is 1. The molecule has 27 heavy (non-hydrogen) atoms. The summed E-state index contributed by atoms with van der Waals surface area (Å²) >= 11 is 0. The highest BCUT2D eigenvalue weighted by Crippen LogP contribution is 2.42. The van der Waals surface area contributed by atoms with E-state index in [4.69, 9.17) is 14.5 Å². The summed E-state index contributed by atoms with van der Waals surface area (Å²) in [5.41, 5.74) is 6.56. The first-order valence-electron chi connectivity index (χ1n) is 8.94. The number of ether oxygens (including phenoxy) is 2. The fourth-order valence-electron chi connectivity index (χ4n) is 3.92. The van der Waals surface area contributed by atoms with Crippen LogP contribution in [-0.2, 0) is 13.0 Å². The van der Waals surface area contributed by atoms with Gasteiger partial charge >= 0.3 is 0 Å². The minimum atomic E-state index is 0.733. The Bertz CT molecular complexity index is 1160. The summed E-state index contributed by atoms with van der Waals surface area (Å²) in [6, 6.07) is 14.4. The predicted molar refractivity (Wildman–Crippen MR) is 105 cm³/mol. The van der Waals surface area contributed by atoms with E-state index in [-0.39, 0.29) is 0 Å². The van der Waals surface area contributed by atoms with Crippen molar-refractivity contribution in [3.05, 3.63) is 60.6 Å². The molecule has 5 heteroatoms. The van der Waals surface area contributed by atoms with Crippen molar-refractivity contribution in [1.29, 1.82) is 0 Å². The molecule has 5 nitrogen and oxygen atoms in total. The van der Waals surface area contributed by atoms with Gasteiger partial charge in [0.25, 0.3) is 0 Å². The summed E-state index contributed by atoms with van der Waals surface area (Å²) in [4.78, 5) is 9.27. The second kappa shape index (κ2) is 6.13. The minimum absolute atomic E-state index is 0.733. The standard InChI is InChI=1S/C22H19N3O2/c1-26-19-11-14-8-10-25-13-24-21(22(25)17(14)12-20(19)27-2)16-7-9-23-18-6-4-3-5-15(16)18/h3-7,9,11-13H,8,10H2,1-2H3. The molecular formula is C22H19N3O2. The highest BCUT2D eigenvalue weighted by Gasteiger charge is 2.24. The van der Waals surface area contributed by atoms with Crippen molar-refractivity contribution >= 4 is 10.9 Å². The van der Waals surface area contributed by atoms with Gasteiger partial charge in [0.05, 0.1) is 37.5 Å². The molecule has 0 N–H and O–H groups in total. The van der Waals surface area contributed by atoms with Gasteiger partial charge in [0.2, 0.25) is 0 Å². The number of benzene rings is 2. The number of hydrogen-bond donors (Lipinski definition) is 0. The number of nitrogens with zero attached hydrogens (tertiary/aromatic N) is 3. The normalized spacial score (nSPS) is 12.5. The molecule has 0 saturated carbocycles. The zero-order valence-electron chi connectivity index (χ0n) is 15.3. The Balaban J connectivity index is 1.78. The lowest BCUT2D eigenvalue weighted by Crippen LogP contribution is -2.11. The van der Waals surface area contributed by atoms with Gasteiger partial charge < -0.3 is 14.0 Å². The number of rotatable bonds is 3. The summed E-state index contributed by atoms with van der Waals surface area (Å²) in [7, 11) is 3.34. The summed E-state index contributed by atoms with van der Waals surface area (Å²) in [6.07, 6.45) is 4.72. The molecule has 0 saturated heterocycles. The fraction of sp³-hybridized carbons (Fsp3) is 0.182. The number of fused-ring (bicyclic) bond motifs is 4. The molecule has 2 aromatic heterocycles. The predicted octanol–water partition coefficient (Wildman–Crippen LogP) is 4.34. The lowest BCUT2D eigenvalue weighted by molar-refractivity contribution is 0.354. The monoisotopic (exact) mass is 357 g/mol. The molecule has 0 fully saturated rings. The second-order valence-corrected chi connectivity index (χ2v) is 6.63. The highest BCUT2D eigenvalue weighted by atomic mass is 16.5. The van der Waals surface area contributed by atoms with Gasteiger partial charge in [-0.1, -0.05) is 18.2 Å². The van der Waals surface area contributed by atoms with Crippen LogP contribution in [0, 0.1) is 0 Å². The van der Waals surface area contributed by atoms with Crippen LogP contribution in [0.2, 0.25) is 0 Å². The lowest BCUT2D eigenvalue weighted by atomic mass is 9.94. The molecule has 0 radical (unpaired) electrons. The van der Waals surface area contributed by atoms with Crippen LogP contribution in [0.25, 0.3) is 33.4 Å². The lowest BCUT2D eigenvalue weighted by Gasteiger charge is -2.22. The summed E-state index contributed by atoms with van der Waals surface area (Å²) in [6.45, 7) is 0.897. The van der Waals surface area contributed by atoms with Crippen molar-refractivity contribution in [2.24, 2.45) is 0 Å². The molecule has 1 aliphatic heterocycles. The van der Waals surface area contributed by atoms with E-state index in [0.29, 0.717) is 0 Å². The molecule has 0 amide bonds. The largest absolute Gasteiger partial charge is 0.493 e. The summed E-state index contributed by atoms with van der Waals surface area (Å²) in [5.74, 6) is 1.50. The number of pyridine rings is 1. The number of hydrogen-bond acceptors (Lipinski definition) is 4. The smallest absolute Gasteiger partial charge is 0.161 e. The van der Waals surface area contributed by atoms with Crippen LogP contribution in [0.4, 0.5) is 0 Å². The van der Waals surface area contributed by atoms with E-state index >= 15 is 0 Å². The van der Waals surface area contributed by atoms with Gasteiger partial charge in [-0.15, -0.1) is 0 Å². The van der Waals surface area contributed by atoms with E-state index in [9.17, 15) is 0 Å². The third kappa shape index (κ3) is 2.39. The molecule has 0 bridgehead atoms. The highest BCUT2D eigenvalue weighted by molar-refractivity contribution is 5.97. The van der Waals surface area contributed by atoms with Gasteiger partial charge in [-0.2, -0.15) is 0 Å². The molecule has 4 aromatic rings. The Morgan fingerprint density at radius 1 is 0.926 bits per heavy atom. The van der Waals surface area contributed by atoms with Gasteiger partial charge in [0, 0.05) is 29.3 Å². The number of aromatic nitrogens is 3. The first-order chi connectivity index (χ1) is 13.3. The quantitative estimate of drug-likeness (QED) is 0.547. The van der Waals surface area contributed by atoms with Crippen LogP contribution < -0.4 is 9.47 Å². The van der Waals surface area contributed by atoms with Crippen molar-refractivity contribution in [3.63, 3.8) is 0 Å². The van der Waals surface area contributed by atoms with Crippen molar-refractivity contribution < 1.29 is 9.47 Å². The number of imidazole rings is 1. The van der Waals surface area contributed by atoms with Crippen LogP contribution in [-0.4, -0.2) is 28.8 Å². The molecule has 0 aliphatic carbocycles. The maximum atomic E-state index is 5.55. The molecule has 0 unspecified atom stereocenters. The Morgan fingerprint density at radius 3 is 2.59 bits per heavy atom. The fourth-order valence-corrected chi connectivity index (χ4v) is 3.92.